The van der Waals surface area contributed by atoms with E-state index in [1.54, 1.807) is 6.07 Å². The smallest absolute Gasteiger partial charge is 0.258 e. The van der Waals surface area contributed by atoms with E-state index in [0.29, 0.717) is 26.2 Å². The lowest BCUT2D eigenvalue weighted by Gasteiger charge is -2.32. The van der Waals surface area contributed by atoms with Crippen molar-refractivity contribution < 1.29 is 23.4 Å². The number of nitrogens with one attached hydrogen (secondary N) is 1. The first-order valence-electron chi connectivity index (χ1n) is 8.55. The fourth-order valence-corrected chi connectivity index (χ4v) is 2.95. The quantitative estimate of drug-likeness (QED) is 0.862. The van der Waals surface area contributed by atoms with Gasteiger partial charge in [-0.3, -0.25) is 4.79 Å². The molecule has 0 saturated carbocycles. The van der Waals surface area contributed by atoms with Crippen LogP contribution in [-0.4, -0.2) is 38.4 Å². The Morgan fingerprint density at radius 2 is 2.04 bits per heavy atom. The predicted molar refractivity (Wildman–Crippen MR) is 94.7 cm³/mol. The second-order valence-corrected chi connectivity index (χ2v) is 6.10. The number of hydrogen-bond acceptors (Lipinski definition) is 4. The average molecular weight is 359 g/mol. The van der Waals surface area contributed by atoms with Gasteiger partial charge in [0.05, 0.1) is 26.4 Å². The number of hydrogen-bond donors (Lipinski definition) is 1. The molecule has 26 heavy (non-hydrogen) atoms. The maximum absolute atomic E-state index is 14.1. The van der Waals surface area contributed by atoms with Crippen LogP contribution in [0.5, 0.6) is 5.75 Å². The van der Waals surface area contributed by atoms with E-state index in [2.05, 4.69) is 5.32 Å². The number of carbonyl (C=O) groups excluding carboxylic acids is 1. The summed E-state index contributed by atoms with van der Waals surface area (Å²) in [5.41, 5.74) is 0.947. The Hall–Kier alpha value is -2.44. The molecule has 0 aromatic heterocycles. The Bertz CT molecular complexity index is 738. The third-order valence-electron chi connectivity index (χ3n) is 4.35. The monoisotopic (exact) mass is 359 g/mol. The van der Waals surface area contributed by atoms with Crippen molar-refractivity contribution in [2.24, 2.45) is 0 Å². The van der Waals surface area contributed by atoms with Crippen molar-refractivity contribution in [1.29, 1.82) is 0 Å². The largest absolute Gasteiger partial charge is 0.496 e. The zero-order valence-corrected chi connectivity index (χ0v) is 14.6. The van der Waals surface area contributed by atoms with Crippen molar-refractivity contribution in [2.45, 2.75) is 25.2 Å². The first-order chi connectivity index (χ1) is 12.7. The molecule has 1 amide bonds. The lowest BCUT2D eigenvalue weighted by Crippen LogP contribution is -2.50. The predicted octanol–water partition coefficient (Wildman–Crippen LogP) is 2.94. The zero-order valence-electron chi connectivity index (χ0n) is 14.6. The molecule has 0 radical (unpaired) electrons. The van der Waals surface area contributed by atoms with E-state index in [4.69, 9.17) is 14.2 Å². The maximum atomic E-state index is 14.1. The molecule has 1 N–H and O–H groups in total. The number of halogens is 1. The normalized spacial score (nSPS) is 19.8. The van der Waals surface area contributed by atoms with E-state index in [9.17, 15) is 9.18 Å². The van der Waals surface area contributed by atoms with Gasteiger partial charge in [0.1, 0.15) is 23.2 Å². The number of methoxy groups -OCH3 is 1. The Labute approximate surface area is 152 Å². The summed E-state index contributed by atoms with van der Waals surface area (Å²) in [5, 5.41) is 2.87. The number of carbonyl (C=O) groups is 1. The fraction of sp³-hybridized carbons (Fsp3) is 0.350. The van der Waals surface area contributed by atoms with Gasteiger partial charge in [0.2, 0.25) is 0 Å². The Morgan fingerprint density at radius 3 is 2.81 bits per heavy atom. The SMILES string of the molecule is COc1cccc(F)c1C(=O)N[C@@H]1CCOC[C@H]1OCc1ccccc1. The molecular weight excluding hydrogens is 337 g/mol. The van der Waals surface area contributed by atoms with Crippen LogP contribution in [0.15, 0.2) is 48.5 Å². The van der Waals surface area contributed by atoms with Crippen molar-refractivity contribution in [3.8, 4) is 5.75 Å². The number of rotatable bonds is 6. The lowest BCUT2D eigenvalue weighted by molar-refractivity contribution is -0.0736. The first-order valence-corrected chi connectivity index (χ1v) is 8.55. The Balaban J connectivity index is 1.67. The van der Waals surface area contributed by atoms with Crippen molar-refractivity contribution in [2.75, 3.05) is 20.3 Å². The van der Waals surface area contributed by atoms with Crippen LogP contribution < -0.4 is 10.1 Å². The molecule has 138 valence electrons. The molecule has 0 spiro atoms. The highest BCUT2D eigenvalue weighted by molar-refractivity contribution is 5.97. The topological polar surface area (TPSA) is 56.8 Å². The first kappa shape index (κ1) is 18.4. The van der Waals surface area contributed by atoms with Gasteiger partial charge in [-0.05, 0) is 24.1 Å². The summed E-state index contributed by atoms with van der Waals surface area (Å²) in [4.78, 5) is 12.6. The van der Waals surface area contributed by atoms with Crippen molar-refractivity contribution in [3.05, 3.63) is 65.5 Å². The van der Waals surface area contributed by atoms with Crippen LogP contribution >= 0.6 is 0 Å². The van der Waals surface area contributed by atoms with Crippen LogP contribution in [-0.2, 0) is 16.1 Å². The van der Waals surface area contributed by atoms with Crippen molar-refractivity contribution >= 4 is 5.91 Å². The summed E-state index contributed by atoms with van der Waals surface area (Å²) in [6, 6.07) is 13.8. The molecule has 0 aliphatic carbocycles. The van der Waals surface area contributed by atoms with Crippen LogP contribution in [0, 0.1) is 5.82 Å². The summed E-state index contributed by atoms with van der Waals surface area (Å²) < 4.78 is 30.6. The molecule has 1 heterocycles. The third-order valence-corrected chi connectivity index (χ3v) is 4.35. The van der Waals surface area contributed by atoms with E-state index in [1.165, 1.54) is 19.2 Å². The van der Waals surface area contributed by atoms with Gasteiger partial charge in [-0.2, -0.15) is 0 Å². The molecule has 0 bridgehead atoms. The van der Waals surface area contributed by atoms with Gasteiger partial charge in [-0.1, -0.05) is 36.4 Å². The zero-order chi connectivity index (χ0) is 18.4. The Kier molecular flexibility index (Phi) is 6.20. The molecular formula is C20H22FNO4. The highest BCUT2D eigenvalue weighted by Crippen LogP contribution is 2.22. The van der Waals surface area contributed by atoms with Crippen molar-refractivity contribution in [1.82, 2.24) is 5.32 Å². The molecule has 1 fully saturated rings. The summed E-state index contributed by atoms with van der Waals surface area (Å²) in [6.45, 7) is 1.32. The van der Waals surface area contributed by atoms with Gasteiger partial charge in [-0.25, -0.2) is 4.39 Å². The van der Waals surface area contributed by atoms with Gasteiger partial charge in [0.15, 0.2) is 0 Å². The highest BCUT2D eigenvalue weighted by atomic mass is 19.1. The standard InChI is InChI=1S/C20H22FNO4/c1-24-17-9-5-8-15(21)19(17)20(23)22-16-10-11-25-13-18(16)26-12-14-6-3-2-4-7-14/h2-9,16,18H,10-13H2,1H3,(H,22,23)/t16-,18-/m1/s1. The number of amides is 1. The molecule has 1 aliphatic rings. The molecule has 1 saturated heterocycles. The minimum Gasteiger partial charge on any atom is -0.496 e. The van der Waals surface area contributed by atoms with Crippen LogP contribution in [0.2, 0.25) is 0 Å². The summed E-state index contributed by atoms with van der Waals surface area (Å²) in [6.07, 6.45) is 0.299. The molecule has 1 aliphatic heterocycles. The van der Waals surface area contributed by atoms with E-state index < -0.39 is 11.7 Å². The summed E-state index contributed by atoms with van der Waals surface area (Å²) >= 11 is 0. The van der Waals surface area contributed by atoms with E-state index >= 15 is 0 Å². The third kappa shape index (κ3) is 4.39. The minimum absolute atomic E-state index is 0.0942. The van der Waals surface area contributed by atoms with Crippen LogP contribution in [0.3, 0.4) is 0 Å². The molecule has 3 rings (SSSR count). The molecule has 2 atom stereocenters. The van der Waals surface area contributed by atoms with E-state index in [0.717, 1.165) is 5.56 Å². The molecule has 0 unspecified atom stereocenters. The van der Waals surface area contributed by atoms with Gasteiger partial charge in [-0.15, -0.1) is 0 Å². The summed E-state index contributed by atoms with van der Waals surface area (Å²) in [5.74, 6) is -0.924. The van der Waals surface area contributed by atoms with Crippen molar-refractivity contribution in [3.63, 3.8) is 0 Å². The number of ether oxygens (including phenoxy) is 3. The Morgan fingerprint density at radius 1 is 1.23 bits per heavy atom. The van der Waals surface area contributed by atoms with E-state index in [-0.39, 0.29) is 23.5 Å². The molecule has 5 nitrogen and oxygen atoms in total. The van der Waals surface area contributed by atoms with E-state index in [1.807, 2.05) is 30.3 Å². The average Bonchev–Trinajstić information content (AvgIpc) is 2.67. The van der Waals surface area contributed by atoms with Gasteiger partial charge in [0.25, 0.3) is 5.91 Å². The minimum atomic E-state index is -0.615. The second-order valence-electron chi connectivity index (χ2n) is 6.10. The number of benzene rings is 2. The molecule has 2 aromatic carbocycles. The maximum Gasteiger partial charge on any atom is 0.258 e. The molecule has 2 aromatic rings. The van der Waals surface area contributed by atoms with Gasteiger partial charge in [0, 0.05) is 6.61 Å². The van der Waals surface area contributed by atoms with Crippen LogP contribution in [0.4, 0.5) is 4.39 Å². The van der Waals surface area contributed by atoms with Gasteiger partial charge < -0.3 is 19.5 Å². The van der Waals surface area contributed by atoms with Gasteiger partial charge >= 0.3 is 0 Å². The summed E-state index contributed by atoms with van der Waals surface area (Å²) in [7, 11) is 1.41. The lowest BCUT2D eigenvalue weighted by atomic mass is 10.0. The molecule has 6 heteroatoms. The van der Waals surface area contributed by atoms with Crippen LogP contribution in [0.1, 0.15) is 22.3 Å². The fourth-order valence-electron chi connectivity index (χ4n) is 2.95. The van der Waals surface area contributed by atoms with Crippen LogP contribution in [0.25, 0.3) is 0 Å². The highest BCUT2D eigenvalue weighted by Gasteiger charge is 2.30. The second kappa shape index (κ2) is 8.78.